The van der Waals surface area contributed by atoms with E-state index in [0.29, 0.717) is 5.00 Å². The van der Waals surface area contributed by atoms with Crippen molar-refractivity contribution in [2.24, 2.45) is 11.5 Å². The van der Waals surface area contributed by atoms with Crippen molar-refractivity contribution in [3.05, 3.63) is 65.5 Å². The molecule has 6 nitrogen and oxygen atoms in total. The molecule has 3 amide bonds. The SMILES string of the molecule is NC(=O)Nc1sc(-c2ccc(Cc3ccc[nH]3)cc2)cc1C(N)=O. The number of aromatic amines is 1. The fourth-order valence-electron chi connectivity index (χ4n) is 2.41. The Morgan fingerprint density at radius 2 is 1.88 bits per heavy atom. The summed E-state index contributed by atoms with van der Waals surface area (Å²) in [6.07, 6.45) is 2.71. The van der Waals surface area contributed by atoms with Gasteiger partial charge in [-0.25, -0.2) is 4.79 Å². The summed E-state index contributed by atoms with van der Waals surface area (Å²) in [6, 6.07) is 12.9. The van der Waals surface area contributed by atoms with Crippen molar-refractivity contribution in [3.63, 3.8) is 0 Å². The summed E-state index contributed by atoms with van der Waals surface area (Å²) in [5.41, 5.74) is 14.0. The number of carbonyl (C=O) groups is 2. The summed E-state index contributed by atoms with van der Waals surface area (Å²) < 4.78 is 0. The number of amides is 3. The lowest BCUT2D eigenvalue weighted by Gasteiger charge is -2.02. The number of rotatable bonds is 5. The van der Waals surface area contributed by atoms with Crippen LogP contribution in [0.3, 0.4) is 0 Å². The molecule has 2 heterocycles. The monoisotopic (exact) mass is 340 g/mol. The molecule has 0 aliphatic rings. The molecule has 0 radical (unpaired) electrons. The highest BCUT2D eigenvalue weighted by molar-refractivity contribution is 7.20. The average Bonchev–Trinajstić information content (AvgIpc) is 3.17. The van der Waals surface area contributed by atoms with Crippen LogP contribution in [0.25, 0.3) is 10.4 Å². The highest BCUT2D eigenvalue weighted by Gasteiger charge is 2.16. The lowest BCUT2D eigenvalue weighted by Crippen LogP contribution is -2.21. The predicted molar refractivity (Wildman–Crippen MR) is 95.1 cm³/mol. The molecule has 3 aromatic rings. The Balaban J connectivity index is 1.85. The molecule has 0 fully saturated rings. The molecule has 2 aromatic heterocycles. The molecular weight excluding hydrogens is 324 g/mol. The second-order valence-electron chi connectivity index (χ2n) is 5.28. The third kappa shape index (κ3) is 3.47. The maximum Gasteiger partial charge on any atom is 0.317 e. The first-order valence-electron chi connectivity index (χ1n) is 7.24. The van der Waals surface area contributed by atoms with Gasteiger partial charge < -0.3 is 16.5 Å². The summed E-state index contributed by atoms with van der Waals surface area (Å²) in [5.74, 6) is -0.607. The smallest absolute Gasteiger partial charge is 0.317 e. The quantitative estimate of drug-likeness (QED) is 0.572. The Morgan fingerprint density at radius 1 is 1.12 bits per heavy atom. The Bertz CT molecular complexity index is 867. The van der Waals surface area contributed by atoms with Crippen LogP contribution >= 0.6 is 11.3 Å². The first kappa shape index (κ1) is 15.8. The van der Waals surface area contributed by atoms with Crippen molar-refractivity contribution in [2.45, 2.75) is 6.42 Å². The zero-order valence-corrected chi connectivity index (χ0v) is 13.5. The van der Waals surface area contributed by atoms with E-state index >= 15 is 0 Å². The maximum absolute atomic E-state index is 11.5. The number of hydrogen-bond donors (Lipinski definition) is 4. The van der Waals surface area contributed by atoms with Gasteiger partial charge in [0, 0.05) is 23.2 Å². The number of H-pyrrole nitrogens is 1. The first-order valence-corrected chi connectivity index (χ1v) is 8.06. The number of thiophene rings is 1. The second kappa shape index (κ2) is 6.59. The van der Waals surface area contributed by atoms with E-state index in [2.05, 4.69) is 10.3 Å². The van der Waals surface area contributed by atoms with E-state index in [1.165, 1.54) is 16.9 Å². The van der Waals surface area contributed by atoms with Crippen LogP contribution in [-0.2, 0) is 6.42 Å². The Hall–Kier alpha value is -3.06. The van der Waals surface area contributed by atoms with Crippen LogP contribution in [0, 0.1) is 0 Å². The average molecular weight is 340 g/mol. The molecule has 0 aliphatic heterocycles. The van der Waals surface area contributed by atoms with Crippen molar-refractivity contribution >= 4 is 28.3 Å². The summed E-state index contributed by atoms with van der Waals surface area (Å²) in [4.78, 5) is 26.6. The van der Waals surface area contributed by atoms with Crippen LogP contribution in [0.4, 0.5) is 9.80 Å². The van der Waals surface area contributed by atoms with Crippen molar-refractivity contribution in [1.29, 1.82) is 0 Å². The van der Waals surface area contributed by atoms with Crippen LogP contribution < -0.4 is 16.8 Å². The van der Waals surface area contributed by atoms with E-state index < -0.39 is 11.9 Å². The lowest BCUT2D eigenvalue weighted by molar-refractivity contribution is 0.100. The zero-order chi connectivity index (χ0) is 17.1. The molecule has 0 atom stereocenters. The van der Waals surface area contributed by atoms with Gasteiger partial charge in [-0.15, -0.1) is 11.3 Å². The molecule has 0 unspecified atom stereocenters. The van der Waals surface area contributed by atoms with Crippen LogP contribution in [-0.4, -0.2) is 16.9 Å². The predicted octanol–water partition coefficient (Wildman–Crippen LogP) is 2.92. The number of anilines is 1. The van der Waals surface area contributed by atoms with Gasteiger partial charge in [0.2, 0.25) is 0 Å². The van der Waals surface area contributed by atoms with Gasteiger partial charge in [-0.2, -0.15) is 0 Å². The molecule has 24 heavy (non-hydrogen) atoms. The van der Waals surface area contributed by atoms with Gasteiger partial charge in [0.1, 0.15) is 5.00 Å². The van der Waals surface area contributed by atoms with Gasteiger partial charge in [-0.05, 0) is 29.3 Å². The van der Waals surface area contributed by atoms with Gasteiger partial charge in [-0.3, -0.25) is 10.1 Å². The highest BCUT2D eigenvalue weighted by Crippen LogP contribution is 2.35. The zero-order valence-electron chi connectivity index (χ0n) is 12.7. The van der Waals surface area contributed by atoms with E-state index in [1.54, 1.807) is 6.07 Å². The van der Waals surface area contributed by atoms with E-state index in [4.69, 9.17) is 11.5 Å². The third-order valence-electron chi connectivity index (χ3n) is 3.53. The molecule has 1 aromatic carbocycles. The Morgan fingerprint density at radius 3 is 2.46 bits per heavy atom. The van der Waals surface area contributed by atoms with Crippen molar-refractivity contribution in [2.75, 3.05) is 5.32 Å². The first-order chi connectivity index (χ1) is 11.5. The molecule has 0 saturated carbocycles. The minimum Gasteiger partial charge on any atom is -0.366 e. The number of benzene rings is 1. The summed E-state index contributed by atoms with van der Waals surface area (Å²) in [6.45, 7) is 0. The van der Waals surface area contributed by atoms with Gasteiger partial charge in [0.05, 0.1) is 5.56 Å². The standard InChI is InChI=1S/C17H16N4O2S/c18-15(22)13-9-14(24-16(13)21-17(19)23)11-5-3-10(4-6-11)8-12-2-1-7-20-12/h1-7,9,20H,8H2,(H2,18,22)(H3,19,21,23). The normalized spacial score (nSPS) is 10.5. The molecule has 0 spiro atoms. The van der Waals surface area contributed by atoms with Crippen molar-refractivity contribution < 1.29 is 9.59 Å². The summed E-state index contributed by atoms with van der Waals surface area (Å²) >= 11 is 1.26. The lowest BCUT2D eigenvalue weighted by atomic mass is 10.1. The van der Waals surface area contributed by atoms with Gasteiger partial charge in [0.15, 0.2) is 0 Å². The fraction of sp³-hybridized carbons (Fsp3) is 0.0588. The number of nitrogens with one attached hydrogen (secondary N) is 2. The molecule has 6 N–H and O–H groups in total. The minimum atomic E-state index is -0.729. The van der Waals surface area contributed by atoms with Crippen molar-refractivity contribution in [1.82, 2.24) is 4.98 Å². The van der Waals surface area contributed by atoms with Gasteiger partial charge in [-0.1, -0.05) is 24.3 Å². The molecular formula is C17H16N4O2S. The molecule has 3 rings (SSSR count). The van der Waals surface area contributed by atoms with E-state index in [9.17, 15) is 9.59 Å². The van der Waals surface area contributed by atoms with E-state index in [-0.39, 0.29) is 5.56 Å². The Labute approximate surface area is 142 Å². The second-order valence-corrected chi connectivity index (χ2v) is 6.33. The van der Waals surface area contributed by atoms with Gasteiger partial charge >= 0.3 is 6.03 Å². The molecule has 0 saturated heterocycles. The van der Waals surface area contributed by atoms with E-state index in [0.717, 1.165) is 22.6 Å². The number of primary amides is 2. The fourth-order valence-corrected chi connectivity index (χ4v) is 3.48. The molecule has 0 aliphatic carbocycles. The molecule has 122 valence electrons. The number of carbonyl (C=O) groups excluding carboxylic acids is 2. The van der Waals surface area contributed by atoms with Crippen LogP contribution in [0.15, 0.2) is 48.7 Å². The summed E-state index contributed by atoms with van der Waals surface area (Å²) in [5, 5.41) is 2.80. The molecule has 0 bridgehead atoms. The topological polar surface area (TPSA) is 114 Å². The van der Waals surface area contributed by atoms with Crippen LogP contribution in [0.1, 0.15) is 21.6 Å². The van der Waals surface area contributed by atoms with E-state index in [1.807, 2.05) is 42.6 Å². The third-order valence-corrected chi connectivity index (χ3v) is 4.63. The molecule has 7 heteroatoms. The number of nitrogens with two attached hydrogens (primary N) is 2. The minimum absolute atomic E-state index is 0.254. The number of hydrogen-bond acceptors (Lipinski definition) is 3. The summed E-state index contributed by atoms with van der Waals surface area (Å²) in [7, 11) is 0. The van der Waals surface area contributed by atoms with Crippen LogP contribution in [0.2, 0.25) is 0 Å². The number of urea groups is 1. The largest absolute Gasteiger partial charge is 0.366 e. The number of aromatic nitrogens is 1. The van der Waals surface area contributed by atoms with Crippen LogP contribution in [0.5, 0.6) is 0 Å². The van der Waals surface area contributed by atoms with Crippen molar-refractivity contribution in [3.8, 4) is 10.4 Å². The van der Waals surface area contributed by atoms with Gasteiger partial charge in [0.25, 0.3) is 5.91 Å². The maximum atomic E-state index is 11.5. The Kier molecular flexibility index (Phi) is 4.35. The highest BCUT2D eigenvalue weighted by atomic mass is 32.1.